The highest BCUT2D eigenvalue weighted by Crippen LogP contribution is 2.67. The van der Waals surface area contributed by atoms with Crippen LogP contribution in [0, 0.1) is 82.9 Å². The molecule has 6 saturated carbocycles. The number of carbonyl (C=O) groups is 4. The van der Waals surface area contributed by atoms with Gasteiger partial charge in [-0.25, -0.2) is 0 Å². The molecule has 8 nitrogen and oxygen atoms in total. The van der Waals surface area contributed by atoms with Gasteiger partial charge in [-0.05, 0) is 192 Å². The summed E-state index contributed by atoms with van der Waals surface area (Å²) in [5.74, 6) is 3.48. The van der Waals surface area contributed by atoms with Crippen LogP contribution in [0.15, 0.2) is 60.7 Å². The molecule has 6 aliphatic carbocycles. The maximum atomic E-state index is 13.6. The summed E-state index contributed by atoms with van der Waals surface area (Å²) in [6.07, 6.45) is 11.2. The number of carbonyl (C=O) groups excluding carboxylic acids is 4. The lowest BCUT2D eigenvalue weighted by molar-refractivity contribution is -0.138. The first kappa shape index (κ1) is 50.8. The van der Waals surface area contributed by atoms with Crippen LogP contribution in [0.25, 0.3) is 0 Å². The number of alkyl halides is 6. The maximum absolute atomic E-state index is 13.6. The van der Waals surface area contributed by atoms with Gasteiger partial charge in [-0.3, -0.25) is 19.2 Å². The van der Waals surface area contributed by atoms with Crippen LogP contribution < -0.4 is 21.7 Å². The smallest absolute Gasteiger partial charge is 0.398 e. The lowest BCUT2D eigenvalue weighted by Gasteiger charge is -2.58. The summed E-state index contributed by atoms with van der Waals surface area (Å²) in [4.78, 5) is 49.2. The van der Waals surface area contributed by atoms with E-state index < -0.39 is 23.5 Å². The molecule has 0 radical (unpaired) electrons. The summed E-state index contributed by atoms with van der Waals surface area (Å²) in [6, 6.07) is 8.02. The highest BCUT2D eigenvalue weighted by Gasteiger charge is 2.62. The number of Topliss-reactive ketones (excluding diaryl/α,β-unsaturated/α-hetero) is 1. The molecule has 6 fully saturated rings. The molecule has 3 amide bonds. The summed E-state index contributed by atoms with van der Waals surface area (Å²) in [6.45, 7) is 14.4. The van der Waals surface area contributed by atoms with Crippen molar-refractivity contribution in [2.45, 2.75) is 150 Å². The number of nitrogens with one attached hydrogen (secondary N) is 3. The first-order valence-electron chi connectivity index (χ1n) is 25.1. The number of aryl methyl sites for hydroxylation is 2. The predicted molar refractivity (Wildman–Crippen MR) is 254 cm³/mol. The first-order chi connectivity index (χ1) is 32.2. The van der Waals surface area contributed by atoms with Gasteiger partial charge in [0.2, 0.25) is 17.7 Å². The molecule has 5 N–H and O–H groups in total. The number of nitrogen functional groups attached to an aromatic ring is 1. The van der Waals surface area contributed by atoms with E-state index in [-0.39, 0.29) is 68.6 Å². The van der Waals surface area contributed by atoms with Crippen molar-refractivity contribution in [2.24, 2.45) is 69.0 Å². The summed E-state index contributed by atoms with van der Waals surface area (Å²) in [5.41, 5.74) is 4.67. The molecule has 69 heavy (non-hydrogen) atoms. The minimum Gasteiger partial charge on any atom is -0.398 e. The number of fused-ring (bicyclic) bond motifs is 10. The highest BCUT2D eigenvalue weighted by atomic mass is 19.4. The van der Waals surface area contributed by atoms with Gasteiger partial charge in [0, 0.05) is 40.4 Å². The van der Waals surface area contributed by atoms with Crippen molar-refractivity contribution in [3.05, 3.63) is 83.0 Å². The van der Waals surface area contributed by atoms with Gasteiger partial charge >= 0.3 is 12.4 Å². The summed E-state index contributed by atoms with van der Waals surface area (Å²) in [7, 11) is 0. The second-order valence-corrected chi connectivity index (χ2v) is 23.0. The predicted octanol–water partition coefficient (Wildman–Crippen LogP) is 12.0. The fraction of sp³-hybridized carbons (Fsp3) is 0.636. The first-order valence-corrected chi connectivity index (χ1v) is 25.1. The number of hydrogen-bond donors (Lipinski definition) is 4. The monoisotopic (exact) mass is 965 g/mol. The molecular formula is C55H70F6N4O4. The number of halogens is 6. The van der Waals surface area contributed by atoms with Crippen molar-refractivity contribution in [3.8, 4) is 0 Å². The molecule has 10 rings (SSSR count). The molecule has 8 aliphatic rings. The highest BCUT2D eigenvalue weighted by molar-refractivity contribution is 5.94. The zero-order valence-electron chi connectivity index (χ0n) is 41.0. The molecule has 0 bridgehead atoms. The second-order valence-electron chi connectivity index (χ2n) is 23.0. The van der Waals surface area contributed by atoms with Crippen molar-refractivity contribution in [1.82, 2.24) is 10.6 Å². The SMILES string of the molecule is CC(=O)[C@H]1CC[C@H]2[C@@H]3CCC4NC(=O)C=C[C@]4(C)[C@H]3CC[C@]12C.Cc1ccc(C(F)(F)F)c(N)c1.Cc1ccc(C(F)(F)F)c(NC(=O)[C@H]2CCC3C4CC[C@H]5NC(=O)C=C[C@]5(C)C4CC[C@@]32C)c1. The Kier molecular flexibility index (Phi) is 13.4. The van der Waals surface area contributed by atoms with E-state index in [4.69, 9.17) is 5.73 Å². The van der Waals surface area contributed by atoms with E-state index in [0.29, 0.717) is 53.4 Å². The lowest BCUT2D eigenvalue weighted by atomic mass is 9.48. The van der Waals surface area contributed by atoms with Gasteiger partial charge in [0.15, 0.2) is 0 Å². The zero-order chi connectivity index (χ0) is 50.2. The largest absolute Gasteiger partial charge is 0.418 e. The van der Waals surface area contributed by atoms with Gasteiger partial charge < -0.3 is 21.7 Å². The Balaban J connectivity index is 0.000000157. The van der Waals surface area contributed by atoms with Crippen LogP contribution in [-0.4, -0.2) is 35.6 Å². The number of benzene rings is 2. The van der Waals surface area contributed by atoms with E-state index in [2.05, 4.69) is 55.8 Å². The molecule has 2 aromatic carbocycles. The Morgan fingerprint density at radius 2 is 1.06 bits per heavy atom. The molecule has 4 unspecified atom stereocenters. The van der Waals surface area contributed by atoms with Crippen LogP contribution in [0.4, 0.5) is 37.7 Å². The molecule has 0 spiro atoms. The maximum Gasteiger partial charge on any atom is 0.418 e. The van der Waals surface area contributed by atoms with E-state index in [1.54, 1.807) is 32.9 Å². The number of ketones is 1. The molecule has 2 aromatic rings. The van der Waals surface area contributed by atoms with E-state index >= 15 is 0 Å². The third-order valence-corrected chi connectivity index (χ3v) is 19.4. The minimum absolute atomic E-state index is 0.0199. The van der Waals surface area contributed by atoms with Crippen molar-refractivity contribution in [2.75, 3.05) is 11.1 Å². The Hall–Kier alpha value is -4.62. The number of amides is 3. The van der Waals surface area contributed by atoms with Gasteiger partial charge in [0.1, 0.15) is 5.78 Å². The van der Waals surface area contributed by atoms with E-state index in [1.165, 1.54) is 49.9 Å². The van der Waals surface area contributed by atoms with E-state index in [0.717, 1.165) is 68.6 Å². The zero-order valence-corrected chi connectivity index (χ0v) is 41.0. The van der Waals surface area contributed by atoms with Gasteiger partial charge in [-0.15, -0.1) is 0 Å². The number of anilines is 2. The Bertz CT molecular complexity index is 2420. The molecule has 2 aliphatic heterocycles. The van der Waals surface area contributed by atoms with Crippen LogP contribution in [0.2, 0.25) is 0 Å². The third-order valence-electron chi connectivity index (χ3n) is 19.4. The van der Waals surface area contributed by atoms with E-state index in [1.807, 2.05) is 0 Å². The third kappa shape index (κ3) is 9.17. The van der Waals surface area contributed by atoms with Crippen LogP contribution in [0.3, 0.4) is 0 Å². The molecule has 0 aromatic heterocycles. The minimum atomic E-state index is -4.52. The molecule has 14 atom stereocenters. The second kappa shape index (κ2) is 18.2. The summed E-state index contributed by atoms with van der Waals surface area (Å²) >= 11 is 0. The Morgan fingerprint density at radius 1 is 0.609 bits per heavy atom. The molecule has 2 heterocycles. The average molecular weight is 965 g/mol. The number of hydrogen-bond acceptors (Lipinski definition) is 5. The van der Waals surface area contributed by atoms with Crippen molar-refractivity contribution < 1.29 is 45.5 Å². The number of rotatable bonds is 3. The van der Waals surface area contributed by atoms with Crippen LogP contribution >= 0.6 is 0 Å². The summed E-state index contributed by atoms with van der Waals surface area (Å²) in [5, 5.41) is 9.03. The van der Waals surface area contributed by atoms with Gasteiger partial charge in [0.05, 0.1) is 16.8 Å². The van der Waals surface area contributed by atoms with Crippen molar-refractivity contribution in [1.29, 1.82) is 0 Å². The topological polar surface area (TPSA) is 130 Å². The number of nitrogens with two attached hydrogens (primary N) is 1. The van der Waals surface area contributed by atoms with Gasteiger partial charge in [-0.2, -0.15) is 26.3 Å². The standard InChI is InChI=1S/C27H33F3N2O2.C20H29NO2.C8H8F3N/c1-15-4-6-19(27(28,29)30)21(14-15)31-24(34)20-8-7-17-16-5-9-22-26(3,13-11-23(33)32-22)18(16)10-12-25(17,20)2;1-12(22)14-5-6-15-13-4-7-17-20(3,11-9-18(23)21-17)16(13)8-10-19(14,15)2;1-5-2-3-6(7(12)4-5)8(9,10)11/h4,6,11,13-14,16-18,20,22H,5,7-10,12H2,1-3H3,(H,31,34)(H,32,33);9,11,13-17H,4-8,10H2,1-3H3,(H,21,23);2-4H,12H2,1H3/t16?,17?,18?,20-,22-,25+,26-;13-,14+,15-,16-,17?,19+,20+;/m10./s1. The fourth-order valence-corrected chi connectivity index (χ4v) is 15.9. The molecule has 14 heteroatoms. The molecule has 0 saturated heterocycles. The molecule has 376 valence electrons. The van der Waals surface area contributed by atoms with Gasteiger partial charge in [0.25, 0.3) is 0 Å². The van der Waals surface area contributed by atoms with Crippen molar-refractivity contribution >= 4 is 34.9 Å². The van der Waals surface area contributed by atoms with Crippen molar-refractivity contribution in [3.63, 3.8) is 0 Å². The Labute approximate surface area is 402 Å². The normalized spacial score (nSPS) is 38.4. The van der Waals surface area contributed by atoms with Crippen LogP contribution in [0.5, 0.6) is 0 Å². The lowest BCUT2D eigenvalue weighted by Crippen LogP contribution is -2.59. The summed E-state index contributed by atoms with van der Waals surface area (Å²) < 4.78 is 77.0. The average Bonchev–Trinajstić information content (AvgIpc) is 3.81. The fourth-order valence-electron chi connectivity index (χ4n) is 15.9. The Morgan fingerprint density at radius 3 is 1.52 bits per heavy atom. The van der Waals surface area contributed by atoms with Crippen LogP contribution in [0.1, 0.15) is 134 Å². The van der Waals surface area contributed by atoms with Crippen LogP contribution in [-0.2, 0) is 31.5 Å². The molecular weight excluding hydrogens is 895 g/mol. The quantitative estimate of drug-likeness (QED) is 0.180. The van der Waals surface area contributed by atoms with E-state index in [9.17, 15) is 45.5 Å². The van der Waals surface area contributed by atoms with Gasteiger partial charge in [-0.1, -0.05) is 52.0 Å².